The van der Waals surface area contributed by atoms with Crippen LogP contribution in [0.5, 0.6) is 0 Å². The summed E-state index contributed by atoms with van der Waals surface area (Å²) in [6, 6.07) is 42.0. The first-order chi connectivity index (χ1) is 17.9. The summed E-state index contributed by atoms with van der Waals surface area (Å²) in [6.45, 7) is 0. The van der Waals surface area contributed by atoms with Gasteiger partial charge >= 0.3 is 37.5 Å². The molecular formula is C34H20Cl2FeP2Pd. The topological polar surface area (TPSA) is 0 Å². The number of hydrogen-bond acceptors (Lipinski definition) is 0. The monoisotopic (exact) mass is 722 g/mol. The molecule has 198 valence electrons. The van der Waals surface area contributed by atoms with Gasteiger partial charge in [-0.3, -0.25) is 22.9 Å². The van der Waals surface area contributed by atoms with Crippen LogP contribution in [-0.2, 0) is 37.5 Å². The minimum Gasteiger partial charge on any atom is -1.00 e. The van der Waals surface area contributed by atoms with Crippen molar-refractivity contribution in [3.63, 3.8) is 0 Å². The molecule has 0 nitrogen and oxygen atoms in total. The van der Waals surface area contributed by atoms with E-state index in [-0.39, 0.29) is 62.3 Å². The SMILES string of the molecule is C1=C=[C-]C(P(c2ccccc2)c2ccccc2)=C=1.C1=C=[C-]C(P(c2ccccc2)c2ccccc2)=C=1.[Cl-].[Cl-].[Fe+2].[Pd+2]. The van der Waals surface area contributed by atoms with Crippen LogP contribution in [0.15, 0.2) is 166 Å². The van der Waals surface area contributed by atoms with Crippen molar-refractivity contribution in [2.45, 2.75) is 0 Å². The molecule has 0 bridgehead atoms. The van der Waals surface area contributed by atoms with Crippen LogP contribution < -0.4 is 46.0 Å². The molecule has 0 heterocycles. The van der Waals surface area contributed by atoms with Gasteiger partial charge in [-0.1, -0.05) is 132 Å². The minimum absolute atomic E-state index is 0. The van der Waals surface area contributed by atoms with Crippen molar-refractivity contribution in [1.29, 1.82) is 0 Å². The van der Waals surface area contributed by atoms with E-state index in [0.717, 1.165) is 10.6 Å². The second-order valence-electron chi connectivity index (χ2n) is 7.71. The third-order valence-corrected chi connectivity index (χ3v) is 9.95. The van der Waals surface area contributed by atoms with E-state index >= 15 is 0 Å². The smallest absolute Gasteiger partial charge is 1.00 e. The fourth-order valence-corrected chi connectivity index (χ4v) is 7.95. The van der Waals surface area contributed by atoms with Gasteiger partial charge in [0.15, 0.2) is 0 Å². The molecular weight excluding hydrogens is 703 g/mol. The van der Waals surface area contributed by atoms with Crippen molar-refractivity contribution in [2.24, 2.45) is 0 Å². The number of allylic oxidation sites excluding steroid dienone is 4. The molecule has 0 radical (unpaired) electrons. The summed E-state index contributed by atoms with van der Waals surface area (Å²) in [5, 5.41) is 7.33. The van der Waals surface area contributed by atoms with Gasteiger partial charge in [0.1, 0.15) is 0 Å². The standard InChI is InChI=1S/2C17H10P.2ClH.Fe.Pd/c2*1-3-9-15(10-4-1)18(17-13-7-8-14-17)16-11-5-2-6-12-16;;;;/h2*1-6,9-12H;2*1H;;/q2*-1;;;2*+2/p-2. The zero-order chi connectivity index (χ0) is 24.4. The molecule has 0 aromatic heterocycles. The van der Waals surface area contributed by atoms with Gasteiger partial charge in [-0.25, -0.2) is 11.5 Å². The van der Waals surface area contributed by atoms with Crippen molar-refractivity contribution in [3.05, 3.63) is 178 Å². The van der Waals surface area contributed by atoms with Crippen LogP contribution in [0.3, 0.4) is 0 Å². The van der Waals surface area contributed by atoms with Crippen molar-refractivity contribution in [1.82, 2.24) is 0 Å². The summed E-state index contributed by atoms with van der Waals surface area (Å²) < 4.78 is 0. The molecule has 4 aromatic rings. The maximum absolute atomic E-state index is 3.13. The molecule has 0 saturated heterocycles. The van der Waals surface area contributed by atoms with Gasteiger partial charge in [0.2, 0.25) is 0 Å². The van der Waals surface area contributed by atoms with E-state index in [1.807, 2.05) is 24.3 Å². The van der Waals surface area contributed by atoms with Crippen LogP contribution in [0.25, 0.3) is 0 Å². The third-order valence-electron chi connectivity index (χ3n) is 5.35. The van der Waals surface area contributed by atoms with Crippen molar-refractivity contribution in [3.8, 4) is 0 Å². The largest absolute Gasteiger partial charge is 2.00 e. The summed E-state index contributed by atoms with van der Waals surface area (Å²) in [5.41, 5.74) is 17.7. The molecule has 0 atom stereocenters. The quantitative estimate of drug-likeness (QED) is 0.118. The number of benzene rings is 4. The molecule has 0 saturated carbocycles. The molecule has 0 unspecified atom stereocenters. The number of halogens is 2. The van der Waals surface area contributed by atoms with Gasteiger partial charge in [-0.15, -0.1) is 12.2 Å². The van der Waals surface area contributed by atoms with Gasteiger partial charge in [0, 0.05) is 0 Å². The van der Waals surface area contributed by atoms with Crippen LogP contribution in [0.1, 0.15) is 0 Å². The average Bonchev–Trinajstić information content (AvgIpc) is 3.68. The Morgan fingerprint density at radius 2 is 0.675 bits per heavy atom. The molecule has 0 N–H and O–H groups in total. The Morgan fingerprint density at radius 1 is 0.425 bits per heavy atom. The molecule has 4 aromatic carbocycles. The molecule has 0 fully saturated rings. The Labute approximate surface area is 275 Å². The summed E-state index contributed by atoms with van der Waals surface area (Å²) in [6.07, 6.45) is 6.25. The van der Waals surface area contributed by atoms with E-state index in [9.17, 15) is 0 Å². The predicted molar refractivity (Wildman–Crippen MR) is 153 cm³/mol. The second-order valence-corrected chi connectivity index (χ2v) is 12.0. The maximum Gasteiger partial charge on any atom is 2.00 e. The zero-order valence-corrected chi connectivity index (χ0v) is 26.8. The van der Waals surface area contributed by atoms with E-state index in [1.54, 1.807) is 0 Å². The Hall–Kier alpha value is -2.34. The fraction of sp³-hybridized carbons (Fsp3) is 0. The maximum atomic E-state index is 3.13. The van der Waals surface area contributed by atoms with Crippen molar-refractivity contribution < 1.29 is 62.3 Å². The van der Waals surface area contributed by atoms with Gasteiger partial charge in [-0.2, -0.15) is 0 Å². The van der Waals surface area contributed by atoms with Crippen LogP contribution >= 0.6 is 15.8 Å². The Bertz CT molecular complexity index is 1430. The minimum atomic E-state index is -0.583. The second kappa shape index (κ2) is 18.9. The molecule has 6 heteroatoms. The van der Waals surface area contributed by atoms with Crippen molar-refractivity contribution in [2.75, 3.05) is 0 Å². The molecule has 0 aliphatic heterocycles. The van der Waals surface area contributed by atoms with Gasteiger partial charge < -0.3 is 24.8 Å². The van der Waals surface area contributed by atoms with Crippen molar-refractivity contribution >= 4 is 37.1 Å². The normalized spacial score (nSPS) is 10.9. The summed E-state index contributed by atoms with van der Waals surface area (Å²) in [5.74, 6) is 0. The number of rotatable bonds is 6. The Morgan fingerprint density at radius 3 is 0.875 bits per heavy atom. The molecule has 6 rings (SSSR count). The first kappa shape index (κ1) is 35.7. The third kappa shape index (κ3) is 9.36. The Balaban J connectivity index is 0.000000364. The Kier molecular flexibility index (Phi) is 16.9. The van der Waals surface area contributed by atoms with E-state index in [0.29, 0.717) is 0 Å². The van der Waals surface area contributed by atoms with E-state index in [1.165, 1.54) is 21.2 Å². The number of hydrogen-bond donors (Lipinski definition) is 0. The predicted octanol–water partition coefficient (Wildman–Crippen LogP) is 0.574. The van der Waals surface area contributed by atoms with Gasteiger partial charge in [0.25, 0.3) is 0 Å². The molecule has 2 aliphatic rings. The van der Waals surface area contributed by atoms with Gasteiger partial charge in [0.05, 0.1) is 0 Å². The average molecular weight is 724 g/mol. The van der Waals surface area contributed by atoms with E-state index in [4.69, 9.17) is 0 Å². The summed E-state index contributed by atoms with van der Waals surface area (Å²) in [4.78, 5) is 0. The van der Waals surface area contributed by atoms with Crippen LogP contribution in [-0.4, -0.2) is 0 Å². The van der Waals surface area contributed by atoms with Crippen LogP contribution in [0.2, 0.25) is 0 Å². The van der Waals surface area contributed by atoms with Gasteiger partial charge in [-0.05, 0) is 37.1 Å². The first-order valence-corrected chi connectivity index (χ1v) is 14.2. The zero-order valence-electron chi connectivity index (χ0n) is 20.9. The fourth-order valence-electron chi connectivity index (χ4n) is 3.77. The summed E-state index contributed by atoms with van der Waals surface area (Å²) >= 11 is 0. The van der Waals surface area contributed by atoms with Crippen LogP contribution in [0.4, 0.5) is 0 Å². The summed E-state index contributed by atoms with van der Waals surface area (Å²) in [7, 11) is -1.17. The van der Waals surface area contributed by atoms with E-state index in [2.05, 4.69) is 144 Å². The van der Waals surface area contributed by atoms with E-state index < -0.39 is 15.8 Å². The molecule has 0 amide bonds. The molecule has 40 heavy (non-hydrogen) atoms. The molecule has 0 spiro atoms. The first-order valence-electron chi connectivity index (χ1n) is 11.5. The van der Waals surface area contributed by atoms with Crippen LogP contribution in [0, 0.1) is 12.2 Å². The molecule has 2 aliphatic carbocycles.